The van der Waals surface area contributed by atoms with Crippen molar-refractivity contribution in [1.29, 1.82) is 0 Å². The molecular formula is C25H32ClNO3S2. The zero-order chi connectivity index (χ0) is 22.9. The molecule has 3 unspecified atom stereocenters. The number of hydrogen-bond acceptors (Lipinski definition) is 6. The first-order valence-electron chi connectivity index (χ1n) is 11.0. The summed E-state index contributed by atoms with van der Waals surface area (Å²) >= 11 is 10.00. The molecule has 1 N–H and O–H groups in total. The molecule has 0 saturated carbocycles. The van der Waals surface area contributed by atoms with Gasteiger partial charge in [-0.1, -0.05) is 53.7 Å². The van der Waals surface area contributed by atoms with Gasteiger partial charge in [-0.3, -0.25) is 0 Å². The zero-order valence-electron chi connectivity index (χ0n) is 18.9. The highest BCUT2D eigenvalue weighted by atomic mass is 35.5. The Morgan fingerprint density at radius 3 is 2.97 bits per heavy atom. The number of nitrogens with zero attached hydrogens (tertiary/aromatic N) is 1. The summed E-state index contributed by atoms with van der Waals surface area (Å²) in [5, 5.41) is 13.3. The molecule has 2 heterocycles. The molecule has 4 nitrogen and oxygen atoms in total. The van der Waals surface area contributed by atoms with E-state index in [4.69, 9.17) is 21.1 Å². The number of ether oxygens (including phenoxy) is 2. The van der Waals surface area contributed by atoms with Crippen molar-refractivity contribution in [2.24, 2.45) is 0 Å². The van der Waals surface area contributed by atoms with E-state index >= 15 is 0 Å². The minimum Gasteiger partial charge on any atom is -0.393 e. The van der Waals surface area contributed by atoms with Crippen LogP contribution in [-0.2, 0) is 15.9 Å². The molecule has 1 fully saturated rings. The first-order chi connectivity index (χ1) is 15.5. The highest BCUT2D eigenvalue weighted by Crippen LogP contribution is 2.37. The van der Waals surface area contributed by atoms with Gasteiger partial charge in [-0.15, -0.1) is 11.3 Å². The van der Waals surface area contributed by atoms with Crippen molar-refractivity contribution >= 4 is 34.7 Å². The molecule has 0 aliphatic carbocycles. The Morgan fingerprint density at radius 1 is 1.41 bits per heavy atom. The normalized spacial score (nSPS) is 22.0. The number of allylic oxidation sites excluding steroid dienone is 3. The molecule has 0 amide bonds. The molecule has 2 aromatic rings. The molecule has 1 aliphatic rings. The van der Waals surface area contributed by atoms with E-state index in [2.05, 4.69) is 29.3 Å². The summed E-state index contributed by atoms with van der Waals surface area (Å²) in [5.74, 6) is 0.786. The fraction of sp³-hybridized carbons (Fsp3) is 0.480. The molecule has 1 aromatic carbocycles. The number of benzene rings is 1. The number of aliphatic hydroxyl groups is 1. The van der Waals surface area contributed by atoms with Crippen molar-refractivity contribution in [3.63, 3.8) is 0 Å². The van der Waals surface area contributed by atoms with E-state index in [-0.39, 0.29) is 18.3 Å². The van der Waals surface area contributed by atoms with Gasteiger partial charge in [0, 0.05) is 41.8 Å². The third-order valence-corrected chi connectivity index (χ3v) is 8.06. The standard InChI is InChI=1S/C25H32ClNO3S2/c1-4-18(7-6-9-29-5-2)12-20-13-19(11-17(3)24(20)26)23-15-21(28)14-22(30-23)16-32-25-27-8-10-31-25/h4,6-8,10-11,13,21-23,28H,5,9,12,14-16H2,1-3H3/b7-6-,18-4+. The molecule has 1 aromatic heterocycles. The van der Waals surface area contributed by atoms with Gasteiger partial charge in [0.25, 0.3) is 0 Å². The van der Waals surface area contributed by atoms with Crippen LogP contribution in [0.25, 0.3) is 0 Å². The lowest BCUT2D eigenvalue weighted by atomic mass is 9.92. The number of thioether (sulfide) groups is 1. The van der Waals surface area contributed by atoms with E-state index < -0.39 is 0 Å². The third-order valence-electron chi connectivity index (χ3n) is 5.42. The van der Waals surface area contributed by atoms with E-state index in [0.29, 0.717) is 26.1 Å². The lowest BCUT2D eigenvalue weighted by molar-refractivity contribution is -0.0875. The Bertz CT molecular complexity index is 914. The highest BCUT2D eigenvalue weighted by Gasteiger charge is 2.30. The maximum Gasteiger partial charge on any atom is 0.149 e. The molecule has 0 spiro atoms. The summed E-state index contributed by atoms with van der Waals surface area (Å²) in [5.41, 5.74) is 4.38. The van der Waals surface area contributed by atoms with Crippen LogP contribution in [-0.4, -0.2) is 41.3 Å². The number of aromatic nitrogens is 1. The molecule has 32 heavy (non-hydrogen) atoms. The Balaban J connectivity index is 1.72. The lowest BCUT2D eigenvalue weighted by Crippen LogP contribution is -2.33. The van der Waals surface area contributed by atoms with Crippen LogP contribution in [0, 0.1) is 6.92 Å². The van der Waals surface area contributed by atoms with Crippen LogP contribution in [0.1, 0.15) is 49.5 Å². The minimum absolute atomic E-state index is 0.00955. The summed E-state index contributed by atoms with van der Waals surface area (Å²) < 4.78 is 12.9. The van der Waals surface area contributed by atoms with Gasteiger partial charge in [0.2, 0.25) is 0 Å². The summed E-state index contributed by atoms with van der Waals surface area (Å²) in [6.07, 6.45) is 9.53. The van der Waals surface area contributed by atoms with Crippen molar-refractivity contribution in [2.45, 2.75) is 62.7 Å². The first kappa shape index (κ1) is 25.5. The second kappa shape index (κ2) is 12.9. The van der Waals surface area contributed by atoms with Gasteiger partial charge >= 0.3 is 0 Å². The Morgan fingerprint density at radius 2 is 2.25 bits per heavy atom. The average Bonchev–Trinajstić information content (AvgIpc) is 3.30. The number of halogens is 1. The quantitative estimate of drug-likeness (QED) is 0.231. The van der Waals surface area contributed by atoms with Gasteiger partial charge in [-0.05, 0) is 49.5 Å². The van der Waals surface area contributed by atoms with Crippen LogP contribution in [0.4, 0.5) is 0 Å². The molecule has 3 rings (SSSR count). The van der Waals surface area contributed by atoms with E-state index in [1.165, 1.54) is 5.57 Å². The highest BCUT2D eigenvalue weighted by molar-refractivity contribution is 8.01. The van der Waals surface area contributed by atoms with E-state index in [9.17, 15) is 5.11 Å². The summed E-state index contributed by atoms with van der Waals surface area (Å²) in [4.78, 5) is 4.33. The maximum absolute atomic E-state index is 10.5. The molecular weight excluding hydrogens is 462 g/mol. The molecule has 1 aliphatic heterocycles. The molecule has 174 valence electrons. The largest absolute Gasteiger partial charge is 0.393 e. The van der Waals surface area contributed by atoms with Crippen LogP contribution < -0.4 is 0 Å². The predicted octanol–water partition coefficient (Wildman–Crippen LogP) is 6.56. The van der Waals surface area contributed by atoms with Crippen LogP contribution in [0.2, 0.25) is 5.02 Å². The van der Waals surface area contributed by atoms with Gasteiger partial charge < -0.3 is 14.6 Å². The summed E-state index contributed by atoms with van der Waals surface area (Å²) in [6, 6.07) is 4.24. The van der Waals surface area contributed by atoms with Crippen molar-refractivity contribution in [3.8, 4) is 0 Å². The Kier molecular flexibility index (Phi) is 10.3. The topological polar surface area (TPSA) is 51.6 Å². The Labute approximate surface area is 204 Å². The maximum atomic E-state index is 10.5. The number of aryl methyl sites for hydroxylation is 1. The number of hydrogen-bond donors (Lipinski definition) is 1. The molecule has 0 bridgehead atoms. The van der Waals surface area contributed by atoms with Crippen LogP contribution >= 0.6 is 34.7 Å². The molecule has 3 atom stereocenters. The van der Waals surface area contributed by atoms with Crippen molar-refractivity contribution in [1.82, 2.24) is 4.98 Å². The van der Waals surface area contributed by atoms with Gasteiger partial charge in [-0.25, -0.2) is 4.98 Å². The predicted molar refractivity (Wildman–Crippen MR) is 135 cm³/mol. The smallest absolute Gasteiger partial charge is 0.149 e. The summed E-state index contributed by atoms with van der Waals surface area (Å²) in [6.45, 7) is 7.37. The van der Waals surface area contributed by atoms with Gasteiger partial charge in [-0.2, -0.15) is 0 Å². The second-order valence-electron chi connectivity index (χ2n) is 7.89. The summed E-state index contributed by atoms with van der Waals surface area (Å²) in [7, 11) is 0. The third kappa shape index (κ3) is 7.44. The fourth-order valence-electron chi connectivity index (χ4n) is 3.81. The Hall–Kier alpha value is -1.15. The SMILES string of the molecule is C/C=C(\C=C/COCC)Cc1cc(C2CC(O)CC(CSc3nccs3)O2)cc(C)c1Cl. The molecule has 1 saturated heterocycles. The van der Waals surface area contributed by atoms with Gasteiger partial charge in [0.1, 0.15) is 4.34 Å². The number of aliphatic hydroxyl groups excluding tert-OH is 1. The monoisotopic (exact) mass is 493 g/mol. The van der Waals surface area contributed by atoms with Gasteiger partial charge in [0.15, 0.2) is 0 Å². The molecule has 7 heteroatoms. The number of rotatable bonds is 10. The van der Waals surface area contributed by atoms with Crippen LogP contribution in [0.3, 0.4) is 0 Å². The van der Waals surface area contributed by atoms with E-state index in [1.54, 1.807) is 23.1 Å². The van der Waals surface area contributed by atoms with Crippen molar-refractivity contribution in [3.05, 3.63) is 69.2 Å². The minimum atomic E-state index is -0.373. The van der Waals surface area contributed by atoms with Crippen molar-refractivity contribution < 1.29 is 14.6 Å². The number of thiazole rings is 1. The van der Waals surface area contributed by atoms with Crippen molar-refractivity contribution in [2.75, 3.05) is 19.0 Å². The lowest BCUT2D eigenvalue weighted by Gasteiger charge is -2.33. The average molecular weight is 494 g/mol. The van der Waals surface area contributed by atoms with E-state index in [0.717, 1.165) is 38.2 Å². The fourth-order valence-corrected chi connectivity index (χ4v) is 5.67. The van der Waals surface area contributed by atoms with Crippen LogP contribution in [0.15, 0.2) is 51.9 Å². The molecule has 0 radical (unpaired) electrons. The van der Waals surface area contributed by atoms with Gasteiger partial charge in [0.05, 0.1) is 24.9 Å². The van der Waals surface area contributed by atoms with Crippen LogP contribution in [0.5, 0.6) is 0 Å². The zero-order valence-corrected chi connectivity index (χ0v) is 21.3. The van der Waals surface area contributed by atoms with E-state index in [1.807, 2.05) is 38.4 Å². The first-order valence-corrected chi connectivity index (χ1v) is 13.3. The second-order valence-corrected chi connectivity index (χ2v) is 10.4.